The number of hydrogen-bond donors (Lipinski definition) is 2. The Morgan fingerprint density at radius 3 is 2.54 bits per heavy atom. The Labute approximate surface area is 233 Å². The molecule has 1 aromatic heterocycles. The van der Waals surface area contributed by atoms with Gasteiger partial charge in [0, 0.05) is 12.0 Å². The van der Waals surface area contributed by atoms with Crippen LogP contribution in [0.1, 0.15) is 69.1 Å². The predicted octanol–water partition coefficient (Wildman–Crippen LogP) is 4.53. The molecule has 1 saturated heterocycles. The molecule has 1 aliphatic heterocycles. The van der Waals surface area contributed by atoms with Crippen molar-refractivity contribution in [3.8, 4) is 0 Å². The number of unbranched alkanes of at least 4 members (excludes halogenated alkanes) is 1. The fraction of sp³-hybridized carbons (Fsp3) is 0.536. The van der Waals surface area contributed by atoms with E-state index in [0.29, 0.717) is 19.4 Å². The molecule has 3 amide bonds. The fourth-order valence-corrected chi connectivity index (χ4v) is 5.05. The van der Waals surface area contributed by atoms with Crippen molar-refractivity contribution in [1.82, 2.24) is 20.5 Å². The Hall–Kier alpha value is -3.47. The van der Waals surface area contributed by atoms with Crippen molar-refractivity contribution < 1.29 is 28.7 Å². The third-order valence-corrected chi connectivity index (χ3v) is 7.77. The Kier molecular flexibility index (Phi) is 10.4. The second kappa shape index (κ2) is 13.5. The van der Waals surface area contributed by atoms with Gasteiger partial charge in [-0.15, -0.1) is 11.3 Å². The summed E-state index contributed by atoms with van der Waals surface area (Å²) in [5.74, 6) is -1.49. The number of likely N-dealkylation sites (tertiary alicyclic amines) is 1. The minimum Gasteiger partial charge on any atom is -0.444 e. The number of ether oxygens (including phenoxy) is 2. The van der Waals surface area contributed by atoms with Gasteiger partial charge < -0.3 is 25.0 Å². The first-order chi connectivity index (χ1) is 18.5. The zero-order chi connectivity index (χ0) is 28.6. The maximum Gasteiger partial charge on any atom is 0.410 e. The predicted molar refractivity (Wildman–Crippen MR) is 147 cm³/mol. The molecule has 10 nitrogen and oxygen atoms in total. The second-order valence-electron chi connectivity index (χ2n) is 10.5. The van der Waals surface area contributed by atoms with E-state index in [9.17, 15) is 19.2 Å². The van der Waals surface area contributed by atoms with Crippen LogP contribution in [0.4, 0.5) is 9.59 Å². The van der Waals surface area contributed by atoms with Crippen LogP contribution >= 0.6 is 11.3 Å². The highest BCUT2D eigenvalue weighted by Crippen LogP contribution is 2.32. The summed E-state index contributed by atoms with van der Waals surface area (Å²) >= 11 is 1.42. The van der Waals surface area contributed by atoms with Crippen molar-refractivity contribution in [2.45, 2.75) is 78.7 Å². The van der Waals surface area contributed by atoms with Gasteiger partial charge in [0.25, 0.3) is 5.91 Å². The third kappa shape index (κ3) is 8.26. The van der Waals surface area contributed by atoms with Crippen molar-refractivity contribution in [3.63, 3.8) is 0 Å². The molecule has 0 spiro atoms. The maximum atomic E-state index is 13.0. The summed E-state index contributed by atoms with van der Waals surface area (Å²) in [5.41, 5.74) is 2.85. The van der Waals surface area contributed by atoms with E-state index in [-0.39, 0.29) is 19.2 Å². The lowest BCUT2D eigenvalue weighted by atomic mass is 9.90. The van der Waals surface area contributed by atoms with E-state index < -0.39 is 41.4 Å². The van der Waals surface area contributed by atoms with E-state index in [1.165, 1.54) is 16.2 Å². The molecular weight excluding hydrogens is 520 g/mol. The fourth-order valence-electron chi connectivity index (χ4n) is 4.36. The molecule has 11 heteroatoms. The third-order valence-electron chi connectivity index (χ3n) is 6.86. The number of hydrogen-bond acceptors (Lipinski definition) is 8. The van der Waals surface area contributed by atoms with Crippen LogP contribution in [0.15, 0.2) is 35.8 Å². The molecule has 0 radical (unpaired) electrons. The molecule has 3 rings (SSSR count). The number of carbonyl (C=O) groups is 4. The molecule has 1 fully saturated rings. The first-order valence-electron chi connectivity index (χ1n) is 13.2. The number of benzene rings is 1. The van der Waals surface area contributed by atoms with Crippen LogP contribution in [0.25, 0.3) is 0 Å². The number of carbonyl (C=O) groups excluding carboxylic acids is 4. The van der Waals surface area contributed by atoms with E-state index in [4.69, 9.17) is 9.47 Å². The number of rotatable bonds is 11. The summed E-state index contributed by atoms with van der Waals surface area (Å²) in [6.07, 6.45) is -0.183. The van der Waals surface area contributed by atoms with Crippen LogP contribution < -0.4 is 10.6 Å². The van der Waals surface area contributed by atoms with Gasteiger partial charge in [-0.1, -0.05) is 63.9 Å². The van der Waals surface area contributed by atoms with Gasteiger partial charge in [0.1, 0.15) is 18.8 Å². The molecule has 1 aliphatic rings. The summed E-state index contributed by atoms with van der Waals surface area (Å²) in [6, 6.07) is 7.92. The number of Topliss-reactive ketones (excluding diaryl/α,β-unsaturated/α-hetero) is 1. The van der Waals surface area contributed by atoms with Crippen LogP contribution in [0, 0.1) is 12.3 Å². The molecule has 0 saturated carbocycles. The second-order valence-corrected chi connectivity index (χ2v) is 11.4. The summed E-state index contributed by atoms with van der Waals surface area (Å²) in [5, 5.41) is 5.31. The molecular formula is C28H38N4O6S. The number of nitrogens with zero attached hydrogens (tertiary/aromatic N) is 2. The zero-order valence-electron chi connectivity index (χ0n) is 23.2. The lowest BCUT2D eigenvalue weighted by Crippen LogP contribution is -2.49. The number of thiazole rings is 1. The van der Waals surface area contributed by atoms with Crippen LogP contribution in [-0.2, 0) is 25.7 Å². The average molecular weight is 559 g/mol. The number of nitrogens with one attached hydrogen (secondary N) is 2. The Balaban J connectivity index is 1.56. The summed E-state index contributed by atoms with van der Waals surface area (Å²) < 4.78 is 11.1. The lowest BCUT2D eigenvalue weighted by Gasteiger charge is -2.26. The molecule has 0 bridgehead atoms. The molecule has 3 atom stereocenters. The molecule has 0 aliphatic carbocycles. The van der Waals surface area contributed by atoms with Crippen molar-refractivity contribution in [2.75, 3.05) is 13.1 Å². The van der Waals surface area contributed by atoms with Crippen molar-refractivity contribution >= 4 is 35.2 Å². The monoisotopic (exact) mass is 558 g/mol. The largest absolute Gasteiger partial charge is 0.444 e. The van der Waals surface area contributed by atoms with Gasteiger partial charge in [0.2, 0.25) is 5.78 Å². The lowest BCUT2D eigenvalue weighted by molar-refractivity contribution is -0.139. The van der Waals surface area contributed by atoms with Crippen LogP contribution in [0.5, 0.6) is 0 Å². The van der Waals surface area contributed by atoms with Gasteiger partial charge in [0.15, 0.2) is 0 Å². The van der Waals surface area contributed by atoms with Crippen molar-refractivity contribution in [3.05, 3.63) is 52.0 Å². The Morgan fingerprint density at radius 1 is 1.18 bits per heavy atom. The smallest absolute Gasteiger partial charge is 0.410 e. The molecule has 0 unspecified atom stereocenters. The maximum absolute atomic E-state index is 13.0. The van der Waals surface area contributed by atoms with Gasteiger partial charge in [-0.3, -0.25) is 9.59 Å². The number of aryl methyl sites for hydroxylation is 1. The number of ketones is 1. The SMILES string of the molecule is CCCC[C@H](NC(=O)O[C@H]1CN(C(=O)OCc2scnc2C)CC1(C)C)C(=O)C(=O)N[C@H](C)c1ccccc1. The minimum atomic E-state index is -1.02. The normalized spacial score (nSPS) is 17.7. The van der Waals surface area contributed by atoms with Gasteiger partial charge in [0.05, 0.1) is 28.7 Å². The highest BCUT2D eigenvalue weighted by atomic mass is 32.1. The highest BCUT2D eigenvalue weighted by molar-refractivity contribution is 7.09. The van der Waals surface area contributed by atoms with Gasteiger partial charge in [-0.2, -0.15) is 0 Å². The molecule has 39 heavy (non-hydrogen) atoms. The van der Waals surface area contributed by atoms with E-state index in [1.54, 1.807) is 12.4 Å². The topological polar surface area (TPSA) is 127 Å². The minimum absolute atomic E-state index is 0.129. The van der Waals surface area contributed by atoms with Crippen molar-refractivity contribution in [2.24, 2.45) is 5.41 Å². The van der Waals surface area contributed by atoms with Crippen molar-refractivity contribution in [1.29, 1.82) is 0 Å². The summed E-state index contributed by atoms with van der Waals surface area (Å²) in [4.78, 5) is 57.8. The van der Waals surface area contributed by atoms with E-state index in [2.05, 4.69) is 15.6 Å². The highest BCUT2D eigenvalue weighted by Gasteiger charge is 2.45. The first kappa shape index (κ1) is 30.1. The van der Waals surface area contributed by atoms with Gasteiger partial charge in [-0.25, -0.2) is 14.6 Å². The number of alkyl carbamates (subject to hydrolysis) is 1. The first-order valence-corrected chi connectivity index (χ1v) is 14.1. The summed E-state index contributed by atoms with van der Waals surface area (Å²) in [7, 11) is 0. The average Bonchev–Trinajstić information content (AvgIpc) is 3.46. The molecule has 2 aromatic rings. The van der Waals surface area contributed by atoms with E-state index >= 15 is 0 Å². The summed E-state index contributed by atoms with van der Waals surface area (Å²) in [6.45, 7) is 10.0. The van der Waals surface area contributed by atoms with Crippen LogP contribution in [0.3, 0.4) is 0 Å². The van der Waals surface area contributed by atoms with E-state index in [1.807, 2.05) is 58.0 Å². The van der Waals surface area contributed by atoms with Crippen LogP contribution in [0.2, 0.25) is 0 Å². The van der Waals surface area contributed by atoms with Gasteiger partial charge in [-0.05, 0) is 25.8 Å². The standard InChI is InChI=1S/C28H38N4O6S/c1-6-7-13-21(24(33)25(34)30-18(2)20-11-9-8-10-12-20)31-26(35)38-23-14-32(16-28(23,4)5)27(36)37-15-22-19(3)29-17-39-22/h8-12,17-18,21,23H,6-7,13-16H2,1-5H3,(H,30,34)(H,31,35)/t18-,21+,23+/m1/s1. The number of amides is 3. The molecule has 2 heterocycles. The molecule has 212 valence electrons. The van der Waals surface area contributed by atoms with E-state index in [0.717, 1.165) is 22.6 Å². The Morgan fingerprint density at radius 2 is 1.90 bits per heavy atom. The number of aromatic nitrogens is 1. The quantitative estimate of drug-likeness (QED) is 0.388. The molecule has 2 N–H and O–H groups in total. The zero-order valence-corrected chi connectivity index (χ0v) is 24.0. The van der Waals surface area contributed by atoms with Gasteiger partial charge >= 0.3 is 12.2 Å². The van der Waals surface area contributed by atoms with Crippen LogP contribution in [-0.4, -0.2) is 59.0 Å². The Bertz CT molecular complexity index is 1150. The molecule has 1 aromatic carbocycles.